The van der Waals surface area contributed by atoms with Gasteiger partial charge in [0.25, 0.3) is 0 Å². The fourth-order valence-corrected chi connectivity index (χ4v) is 7.09. The molecule has 47 heavy (non-hydrogen) atoms. The van der Waals surface area contributed by atoms with E-state index in [0.29, 0.717) is 19.8 Å². The molecule has 0 fully saturated rings. The second-order valence-corrected chi connectivity index (χ2v) is 16.8. The zero-order valence-electron chi connectivity index (χ0n) is 32.6. The first-order chi connectivity index (χ1) is 22.8. The molecule has 0 aromatic rings. The predicted octanol–water partition coefficient (Wildman–Crippen LogP) is 13.5. The normalized spacial score (nSPS) is 12.7. The molecule has 0 aliphatic heterocycles. The molecule has 1 N–H and O–H groups in total. The van der Waals surface area contributed by atoms with E-state index in [2.05, 4.69) is 64.4 Å². The molecule has 0 bridgehead atoms. The van der Waals surface area contributed by atoms with Gasteiger partial charge in [-0.15, -0.1) is 0 Å². The van der Waals surface area contributed by atoms with Crippen molar-refractivity contribution in [3.63, 3.8) is 0 Å². The van der Waals surface area contributed by atoms with E-state index in [1.54, 1.807) is 0 Å². The summed E-state index contributed by atoms with van der Waals surface area (Å²) in [5.74, 6) is 0. The van der Waals surface area contributed by atoms with Gasteiger partial charge in [0, 0.05) is 0 Å². The Morgan fingerprint density at radius 3 is 1.09 bits per heavy atom. The van der Waals surface area contributed by atoms with Crippen LogP contribution in [0.15, 0.2) is 24.3 Å². The molecule has 0 amide bonds. The Balaban J connectivity index is 3.91. The topological polar surface area (TPSA) is 47.6 Å². The van der Waals surface area contributed by atoms with Crippen LogP contribution >= 0.6 is 7.75 Å². The molecule has 0 aliphatic carbocycles. The summed E-state index contributed by atoms with van der Waals surface area (Å²) in [6.07, 6.45) is 45.4. The van der Waals surface area contributed by atoms with E-state index in [4.69, 9.17) is 9.05 Å². The SMILES string of the molecule is CCCCCCCC/C=C\CCCCCCCCOP(=O)(NCC[N+](C)(C)C)OCCCCCCCC/C=C\CCCCCCCC. The van der Waals surface area contributed by atoms with Crippen molar-refractivity contribution in [2.45, 2.75) is 194 Å². The predicted molar refractivity (Wildman–Crippen MR) is 209 cm³/mol. The molecule has 280 valence electrons. The fraction of sp³-hybridized carbons (Fsp3) is 0.902. The smallest absolute Gasteiger partial charge is 0.330 e. The lowest BCUT2D eigenvalue weighted by atomic mass is 10.1. The summed E-state index contributed by atoms with van der Waals surface area (Å²) in [4.78, 5) is 0. The average Bonchev–Trinajstić information content (AvgIpc) is 3.03. The van der Waals surface area contributed by atoms with Crippen LogP contribution in [0.5, 0.6) is 0 Å². The van der Waals surface area contributed by atoms with Crippen LogP contribution in [-0.4, -0.2) is 51.9 Å². The third-order valence-corrected chi connectivity index (χ3v) is 10.6. The molecule has 0 saturated heterocycles. The molecule has 5 nitrogen and oxygen atoms in total. The minimum absolute atomic E-state index is 0.503. The van der Waals surface area contributed by atoms with Crippen LogP contribution in [0.4, 0.5) is 0 Å². The summed E-state index contributed by atoms with van der Waals surface area (Å²) in [6.45, 7) is 7.07. The number of quaternary nitrogens is 1. The summed E-state index contributed by atoms with van der Waals surface area (Å²) >= 11 is 0. The molecule has 0 aliphatic rings. The third-order valence-electron chi connectivity index (χ3n) is 8.92. The number of rotatable bonds is 38. The molecular weight excluding hydrogens is 599 g/mol. The third kappa shape index (κ3) is 38.2. The molecule has 0 radical (unpaired) electrons. The summed E-state index contributed by atoms with van der Waals surface area (Å²) in [5.41, 5.74) is 0. The fourth-order valence-electron chi connectivity index (χ4n) is 5.72. The van der Waals surface area contributed by atoms with Crippen molar-refractivity contribution >= 4 is 7.75 Å². The highest BCUT2D eigenvalue weighted by Gasteiger charge is 2.25. The molecule has 0 spiro atoms. The quantitative estimate of drug-likeness (QED) is 0.0304. The summed E-state index contributed by atoms with van der Waals surface area (Å²) in [5, 5.41) is 3.14. The Kier molecular flexibility index (Phi) is 35.0. The van der Waals surface area contributed by atoms with E-state index < -0.39 is 7.75 Å². The van der Waals surface area contributed by atoms with Crippen LogP contribution in [0.2, 0.25) is 0 Å². The largest absolute Gasteiger partial charge is 0.405 e. The number of nitrogens with one attached hydrogen (secondary N) is 1. The molecular formula is C41H84N2O3P+. The van der Waals surface area contributed by atoms with Gasteiger partial charge in [0.05, 0.1) is 47.4 Å². The number of likely N-dealkylation sites (N-methyl/N-ethyl adjacent to an activating group) is 1. The number of allylic oxidation sites excluding steroid dienone is 4. The average molecular weight is 684 g/mol. The molecule has 0 unspecified atom stereocenters. The van der Waals surface area contributed by atoms with Gasteiger partial charge in [0.15, 0.2) is 0 Å². The Bertz CT molecular complexity index is 687. The minimum atomic E-state index is -3.26. The van der Waals surface area contributed by atoms with E-state index >= 15 is 0 Å². The van der Waals surface area contributed by atoms with Crippen molar-refractivity contribution in [2.24, 2.45) is 0 Å². The Morgan fingerprint density at radius 2 is 0.766 bits per heavy atom. The van der Waals surface area contributed by atoms with Crippen molar-refractivity contribution in [1.82, 2.24) is 5.09 Å². The first-order valence-electron chi connectivity index (χ1n) is 20.6. The van der Waals surface area contributed by atoms with E-state index in [0.717, 1.165) is 36.7 Å². The van der Waals surface area contributed by atoms with Gasteiger partial charge in [-0.2, -0.15) is 0 Å². The Hall–Kier alpha value is -0.450. The van der Waals surface area contributed by atoms with Crippen LogP contribution < -0.4 is 5.09 Å². The molecule has 0 aromatic carbocycles. The highest BCUT2D eigenvalue weighted by atomic mass is 31.2. The lowest BCUT2D eigenvalue weighted by molar-refractivity contribution is -0.869. The monoisotopic (exact) mass is 684 g/mol. The number of nitrogens with zero attached hydrogens (tertiary/aromatic N) is 1. The van der Waals surface area contributed by atoms with Gasteiger partial charge in [-0.05, 0) is 64.2 Å². The van der Waals surface area contributed by atoms with Gasteiger partial charge in [0.2, 0.25) is 0 Å². The maximum atomic E-state index is 13.4. The Labute approximate surface area is 295 Å². The van der Waals surface area contributed by atoms with Crippen molar-refractivity contribution in [3.05, 3.63) is 24.3 Å². The molecule has 0 rings (SSSR count). The number of hydrogen-bond donors (Lipinski definition) is 1. The van der Waals surface area contributed by atoms with E-state index in [1.807, 2.05) is 0 Å². The zero-order valence-corrected chi connectivity index (χ0v) is 33.5. The van der Waals surface area contributed by atoms with E-state index in [1.165, 1.54) is 154 Å². The first kappa shape index (κ1) is 46.5. The molecule has 0 aromatic heterocycles. The van der Waals surface area contributed by atoms with Crippen LogP contribution in [0, 0.1) is 0 Å². The van der Waals surface area contributed by atoms with Crippen molar-refractivity contribution < 1.29 is 18.1 Å². The maximum Gasteiger partial charge on any atom is 0.405 e. The summed E-state index contributed by atoms with van der Waals surface area (Å²) < 4.78 is 26.0. The zero-order chi connectivity index (χ0) is 34.6. The highest BCUT2D eigenvalue weighted by molar-refractivity contribution is 7.51. The molecule has 0 heterocycles. The maximum absolute atomic E-state index is 13.4. The van der Waals surface area contributed by atoms with Crippen molar-refractivity contribution in [3.8, 4) is 0 Å². The Morgan fingerprint density at radius 1 is 0.468 bits per heavy atom. The van der Waals surface area contributed by atoms with E-state index in [9.17, 15) is 4.57 Å². The molecule has 0 atom stereocenters. The number of hydrogen-bond acceptors (Lipinski definition) is 3. The van der Waals surface area contributed by atoms with E-state index in [-0.39, 0.29) is 0 Å². The summed E-state index contributed by atoms with van der Waals surface area (Å²) in [6, 6.07) is 0. The second-order valence-electron chi connectivity index (χ2n) is 15.0. The van der Waals surface area contributed by atoms with Gasteiger partial charge < -0.3 is 4.48 Å². The van der Waals surface area contributed by atoms with Crippen LogP contribution in [0.3, 0.4) is 0 Å². The van der Waals surface area contributed by atoms with Crippen LogP contribution in [0.1, 0.15) is 194 Å². The minimum Gasteiger partial charge on any atom is -0.330 e. The van der Waals surface area contributed by atoms with Gasteiger partial charge in [-0.3, -0.25) is 9.05 Å². The van der Waals surface area contributed by atoms with Gasteiger partial charge in [0.1, 0.15) is 0 Å². The number of unbranched alkanes of at least 4 members (excludes halogenated alkanes) is 24. The first-order valence-corrected chi connectivity index (χ1v) is 22.1. The standard InChI is InChI=1S/C41H84N2O3P/c1-6-8-10-12-14-16-18-20-22-24-26-28-30-32-34-36-40-45-47(44,42-38-39-43(3,4)5)46-41-37-35-33-31-29-27-25-23-21-19-17-15-13-11-9-7-2/h20-23H,6-19,24-41H2,1-5H3,(H,42,44)/q+1/b22-20-,23-21-. The lowest BCUT2D eigenvalue weighted by Crippen LogP contribution is -2.40. The van der Waals surface area contributed by atoms with Crippen molar-refractivity contribution in [1.29, 1.82) is 0 Å². The van der Waals surface area contributed by atoms with Crippen molar-refractivity contribution in [2.75, 3.05) is 47.4 Å². The van der Waals surface area contributed by atoms with Gasteiger partial charge in [-0.25, -0.2) is 9.65 Å². The van der Waals surface area contributed by atoms with Crippen LogP contribution in [-0.2, 0) is 13.6 Å². The van der Waals surface area contributed by atoms with Gasteiger partial charge in [-0.1, -0.05) is 154 Å². The lowest BCUT2D eigenvalue weighted by Gasteiger charge is -2.25. The highest BCUT2D eigenvalue weighted by Crippen LogP contribution is 2.44. The summed E-state index contributed by atoms with van der Waals surface area (Å²) in [7, 11) is 3.18. The second kappa shape index (κ2) is 35.4. The molecule has 6 heteroatoms. The van der Waals surface area contributed by atoms with Gasteiger partial charge >= 0.3 is 7.75 Å². The van der Waals surface area contributed by atoms with Crippen LogP contribution in [0.25, 0.3) is 0 Å². The molecule has 0 saturated carbocycles.